The number of nitrogens with two attached hydrogens (primary N) is 1. The maximum atomic E-state index is 2.82. The second-order valence-corrected chi connectivity index (χ2v) is 6.12. The molecule has 0 amide bonds. The van der Waals surface area contributed by atoms with Gasteiger partial charge < -0.3 is 5.32 Å². The summed E-state index contributed by atoms with van der Waals surface area (Å²) in [5.41, 5.74) is 0. The molecule has 1 atom stereocenters. The molecule has 0 heterocycles. The Labute approximate surface area is 118 Å². The predicted octanol–water partition coefficient (Wildman–Crippen LogP) is 4.13. The molecular weight excluding hydrogens is 237 g/mol. The lowest BCUT2D eigenvalue weighted by Crippen LogP contribution is -2.84. The molecule has 0 aliphatic carbocycles. The van der Waals surface area contributed by atoms with E-state index in [1.807, 2.05) is 0 Å². The van der Waals surface area contributed by atoms with Gasteiger partial charge in [0.1, 0.15) is 0 Å². The molecule has 0 radical (unpaired) electrons. The molecule has 0 aliphatic rings. The maximum Gasteiger partial charge on any atom is 0.0755 e. The molecule has 110 valence electrons. The van der Waals surface area contributed by atoms with Crippen molar-refractivity contribution in [2.75, 3.05) is 19.3 Å². The van der Waals surface area contributed by atoms with E-state index in [4.69, 9.17) is 0 Å². The van der Waals surface area contributed by atoms with Crippen molar-refractivity contribution < 1.29 is 5.32 Å². The second kappa shape index (κ2) is 17.4. The number of hydrogen-bond acceptors (Lipinski definition) is 0. The fraction of sp³-hybridized carbons (Fsp3) is 1.00. The van der Waals surface area contributed by atoms with Crippen molar-refractivity contribution in [1.82, 2.24) is 0 Å². The highest BCUT2D eigenvalue weighted by Crippen LogP contribution is 2.11. The summed E-state index contributed by atoms with van der Waals surface area (Å²) in [4.78, 5) is 0. The zero-order valence-electron chi connectivity index (χ0n) is 12.8. The summed E-state index contributed by atoms with van der Waals surface area (Å²) in [6.07, 6.45) is 18.6. The number of quaternary nitrogens is 1. The highest BCUT2D eigenvalue weighted by molar-refractivity contribution is 7.16. The molecular formula is C16H37NP+. The molecule has 2 N–H and O–H groups in total. The number of unbranched alkanes of at least 4 members (excludes halogenated alkanes) is 10. The Kier molecular flexibility index (Phi) is 17.8. The molecule has 0 spiro atoms. The summed E-state index contributed by atoms with van der Waals surface area (Å²) in [5, 5.41) is 2.47. The summed E-state index contributed by atoms with van der Waals surface area (Å²) < 4.78 is 0. The largest absolute Gasteiger partial charge is 0.346 e. The quantitative estimate of drug-likeness (QED) is 0.342. The predicted molar refractivity (Wildman–Crippen MR) is 87.3 cm³/mol. The van der Waals surface area contributed by atoms with E-state index in [0.29, 0.717) is 0 Å². The topological polar surface area (TPSA) is 16.6 Å². The van der Waals surface area contributed by atoms with Crippen LogP contribution in [-0.4, -0.2) is 19.3 Å². The summed E-state index contributed by atoms with van der Waals surface area (Å²) in [6, 6.07) is 0. The first kappa shape index (κ1) is 18.4. The average molecular weight is 274 g/mol. The van der Waals surface area contributed by atoms with Crippen molar-refractivity contribution in [1.29, 1.82) is 0 Å². The Morgan fingerprint density at radius 2 is 1.06 bits per heavy atom. The minimum atomic E-state index is 1.29. The molecule has 0 saturated heterocycles. The van der Waals surface area contributed by atoms with Gasteiger partial charge in [0, 0.05) is 0 Å². The van der Waals surface area contributed by atoms with Crippen LogP contribution in [0.4, 0.5) is 0 Å². The highest BCUT2D eigenvalue weighted by Gasteiger charge is 1.94. The third-order valence-corrected chi connectivity index (χ3v) is 4.01. The number of rotatable bonds is 15. The third kappa shape index (κ3) is 16.4. The molecule has 0 aromatic rings. The van der Waals surface area contributed by atoms with E-state index in [-0.39, 0.29) is 0 Å². The molecule has 0 aliphatic heterocycles. The van der Waals surface area contributed by atoms with Gasteiger partial charge >= 0.3 is 0 Å². The van der Waals surface area contributed by atoms with Gasteiger partial charge in [-0.05, 0) is 31.8 Å². The number of hydrogen-bond donors (Lipinski definition) is 1. The lowest BCUT2D eigenvalue weighted by molar-refractivity contribution is -0.655. The molecule has 1 nitrogen and oxygen atoms in total. The third-order valence-electron chi connectivity index (χ3n) is 3.61. The van der Waals surface area contributed by atoms with Gasteiger partial charge in [-0.25, -0.2) is 0 Å². The first-order valence-electron chi connectivity index (χ1n) is 8.43. The molecule has 0 rings (SSSR count). The zero-order valence-corrected chi connectivity index (χ0v) is 13.9. The molecule has 0 fully saturated rings. The van der Waals surface area contributed by atoms with Crippen molar-refractivity contribution >= 4 is 9.24 Å². The van der Waals surface area contributed by atoms with E-state index in [9.17, 15) is 0 Å². The lowest BCUT2D eigenvalue weighted by atomic mass is 10.1. The zero-order chi connectivity index (χ0) is 13.3. The van der Waals surface area contributed by atoms with Crippen LogP contribution in [0, 0.1) is 0 Å². The van der Waals surface area contributed by atoms with Gasteiger partial charge in [-0.3, -0.25) is 0 Å². The molecule has 0 aromatic carbocycles. The van der Waals surface area contributed by atoms with Crippen molar-refractivity contribution in [3.63, 3.8) is 0 Å². The standard InChI is InChI=1S/C16H36NP/c1-2-14-17-15-12-10-8-6-4-3-5-7-9-11-13-16-18/h17H,2-16,18H2,1H3/p+1. The molecule has 0 bridgehead atoms. The summed E-state index contributed by atoms with van der Waals surface area (Å²) in [5.74, 6) is 0. The molecule has 0 aromatic heterocycles. The molecule has 0 saturated carbocycles. The second-order valence-electron chi connectivity index (χ2n) is 5.54. The summed E-state index contributed by atoms with van der Waals surface area (Å²) >= 11 is 0. The van der Waals surface area contributed by atoms with Gasteiger partial charge in [0.2, 0.25) is 0 Å². The SMILES string of the molecule is CCC[NH2+]CCCCCCCCCCCCCP. The maximum absolute atomic E-state index is 2.82. The van der Waals surface area contributed by atoms with Crippen LogP contribution >= 0.6 is 9.24 Å². The minimum Gasteiger partial charge on any atom is -0.346 e. The van der Waals surface area contributed by atoms with Crippen LogP contribution in [0.25, 0.3) is 0 Å². The summed E-state index contributed by atoms with van der Waals surface area (Å²) in [7, 11) is 2.82. The molecule has 18 heavy (non-hydrogen) atoms. The van der Waals surface area contributed by atoms with Crippen molar-refractivity contribution in [2.45, 2.75) is 84.0 Å². The Balaban J connectivity index is 2.86. The van der Waals surface area contributed by atoms with Crippen LogP contribution in [0.3, 0.4) is 0 Å². The van der Waals surface area contributed by atoms with Crippen molar-refractivity contribution in [3.8, 4) is 0 Å². The first-order chi connectivity index (χ1) is 8.91. The van der Waals surface area contributed by atoms with Gasteiger partial charge in [-0.2, -0.15) is 0 Å². The van der Waals surface area contributed by atoms with Crippen LogP contribution < -0.4 is 5.32 Å². The van der Waals surface area contributed by atoms with Crippen LogP contribution in [0.2, 0.25) is 0 Å². The monoisotopic (exact) mass is 274 g/mol. The lowest BCUT2D eigenvalue weighted by Gasteiger charge is -2.02. The average Bonchev–Trinajstić information content (AvgIpc) is 2.39. The van der Waals surface area contributed by atoms with Gasteiger partial charge in [-0.15, -0.1) is 9.24 Å². The highest BCUT2D eigenvalue weighted by atomic mass is 31.0. The molecule has 1 unspecified atom stereocenters. The van der Waals surface area contributed by atoms with Crippen LogP contribution in [-0.2, 0) is 0 Å². The van der Waals surface area contributed by atoms with Crippen LogP contribution in [0.1, 0.15) is 84.0 Å². The molecule has 2 heteroatoms. The van der Waals surface area contributed by atoms with Crippen molar-refractivity contribution in [2.24, 2.45) is 0 Å². The van der Waals surface area contributed by atoms with Gasteiger partial charge in [0.05, 0.1) is 13.1 Å². The minimum absolute atomic E-state index is 1.29. The first-order valence-corrected chi connectivity index (χ1v) is 9.25. The van der Waals surface area contributed by atoms with E-state index in [1.54, 1.807) is 0 Å². The Hall–Kier alpha value is 0.390. The van der Waals surface area contributed by atoms with E-state index >= 15 is 0 Å². The van der Waals surface area contributed by atoms with Gasteiger partial charge in [0.25, 0.3) is 0 Å². The van der Waals surface area contributed by atoms with E-state index in [1.165, 1.54) is 96.3 Å². The van der Waals surface area contributed by atoms with Crippen LogP contribution in [0.5, 0.6) is 0 Å². The summed E-state index contributed by atoms with van der Waals surface area (Å²) in [6.45, 7) is 4.93. The fourth-order valence-electron chi connectivity index (χ4n) is 2.37. The van der Waals surface area contributed by atoms with E-state index in [0.717, 1.165) is 0 Å². The Morgan fingerprint density at radius 3 is 1.50 bits per heavy atom. The smallest absolute Gasteiger partial charge is 0.0755 e. The normalized spacial score (nSPS) is 11.0. The Bertz CT molecular complexity index is 123. The van der Waals surface area contributed by atoms with E-state index < -0.39 is 0 Å². The van der Waals surface area contributed by atoms with Crippen molar-refractivity contribution in [3.05, 3.63) is 0 Å². The Morgan fingerprint density at radius 1 is 0.611 bits per heavy atom. The van der Waals surface area contributed by atoms with E-state index in [2.05, 4.69) is 21.5 Å². The van der Waals surface area contributed by atoms with Gasteiger partial charge in [-0.1, -0.05) is 58.3 Å². The van der Waals surface area contributed by atoms with Gasteiger partial charge in [0.15, 0.2) is 0 Å². The fourth-order valence-corrected chi connectivity index (χ4v) is 2.66. The van der Waals surface area contributed by atoms with Crippen LogP contribution in [0.15, 0.2) is 0 Å².